The van der Waals surface area contributed by atoms with Crippen LogP contribution in [0.2, 0.25) is 0 Å². The van der Waals surface area contributed by atoms with Crippen molar-refractivity contribution in [2.24, 2.45) is 0 Å². The lowest BCUT2D eigenvalue weighted by Gasteiger charge is -2.24. The van der Waals surface area contributed by atoms with Crippen molar-refractivity contribution in [2.75, 3.05) is 22.9 Å². The fourth-order valence-electron chi connectivity index (χ4n) is 3.79. The van der Waals surface area contributed by atoms with E-state index in [2.05, 4.69) is 19.9 Å². The number of rotatable bonds is 7. The molecule has 0 N–H and O–H groups in total. The van der Waals surface area contributed by atoms with Crippen LogP contribution in [0.3, 0.4) is 0 Å². The Morgan fingerprint density at radius 2 is 1.43 bits per heavy atom. The number of carbonyl (C=O) groups is 2. The summed E-state index contributed by atoms with van der Waals surface area (Å²) in [6, 6.07) is 13.5. The molecule has 8 nitrogen and oxygen atoms in total. The number of nitrogens with zero attached hydrogens (tertiary/aromatic N) is 6. The predicted octanol–water partition coefficient (Wildman–Crippen LogP) is 4.58. The largest absolute Gasteiger partial charge is 0.307 e. The fourth-order valence-corrected chi connectivity index (χ4v) is 3.79. The van der Waals surface area contributed by atoms with Gasteiger partial charge in [0.1, 0.15) is 5.69 Å². The number of hydrogen-bond donors (Lipinski definition) is 0. The maximum Gasteiger partial charge on any atom is 0.278 e. The third-order valence-electron chi connectivity index (χ3n) is 5.59. The second-order valence-electron chi connectivity index (χ2n) is 7.89. The molecule has 0 saturated heterocycles. The molecule has 0 unspecified atom stereocenters. The molecule has 0 fully saturated rings. The van der Waals surface area contributed by atoms with Crippen molar-refractivity contribution < 1.29 is 9.59 Å². The molecular weight excluding hydrogens is 440 g/mol. The van der Waals surface area contributed by atoms with Gasteiger partial charge in [-0.3, -0.25) is 24.5 Å². The summed E-state index contributed by atoms with van der Waals surface area (Å²) < 4.78 is 0. The fraction of sp³-hybridized carbons (Fsp3) is 0.185. The molecule has 0 aliphatic heterocycles. The zero-order valence-corrected chi connectivity index (χ0v) is 19.9. The van der Waals surface area contributed by atoms with Crippen LogP contribution in [0.5, 0.6) is 0 Å². The Morgan fingerprint density at radius 1 is 0.743 bits per heavy atom. The molecule has 8 heteroatoms. The Kier molecular flexibility index (Phi) is 7.21. The molecular formula is C27H26N6O2. The highest BCUT2D eigenvalue weighted by Gasteiger charge is 2.23. The van der Waals surface area contributed by atoms with E-state index in [4.69, 9.17) is 0 Å². The van der Waals surface area contributed by atoms with Gasteiger partial charge in [0.15, 0.2) is 5.82 Å². The summed E-state index contributed by atoms with van der Waals surface area (Å²) in [5.74, 6) is -0.0576. The molecule has 2 aromatic carbocycles. The normalized spacial score (nSPS) is 10.6. The molecule has 2 aromatic heterocycles. The Morgan fingerprint density at radius 3 is 2.03 bits per heavy atom. The number of benzene rings is 2. The van der Waals surface area contributed by atoms with E-state index >= 15 is 0 Å². The molecule has 0 spiro atoms. The van der Waals surface area contributed by atoms with E-state index in [0.29, 0.717) is 30.2 Å². The van der Waals surface area contributed by atoms with Crippen LogP contribution < -0.4 is 9.80 Å². The zero-order valence-electron chi connectivity index (χ0n) is 19.9. The molecule has 4 aromatic rings. The highest BCUT2D eigenvalue weighted by molar-refractivity contribution is 6.09. The van der Waals surface area contributed by atoms with Crippen LogP contribution in [-0.4, -0.2) is 44.8 Å². The summed E-state index contributed by atoms with van der Waals surface area (Å²) >= 11 is 0. The Labute approximate surface area is 204 Å². The van der Waals surface area contributed by atoms with Crippen LogP contribution in [0.15, 0.2) is 79.6 Å². The number of anilines is 2. The van der Waals surface area contributed by atoms with Crippen molar-refractivity contribution in [1.29, 1.82) is 0 Å². The first kappa shape index (κ1) is 23.7. The second kappa shape index (κ2) is 10.6. The minimum absolute atomic E-state index is 0.230. The first-order valence-corrected chi connectivity index (χ1v) is 11.4. The third-order valence-corrected chi connectivity index (χ3v) is 5.59. The molecule has 35 heavy (non-hydrogen) atoms. The van der Waals surface area contributed by atoms with Gasteiger partial charge < -0.3 is 4.90 Å². The average Bonchev–Trinajstić information content (AvgIpc) is 2.91. The molecule has 0 saturated carbocycles. The Hall–Kier alpha value is -4.46. The van der Waals surface area contributed by atoms with Crippen molar-refractivity contribution >= 4 is 23.3 Å². The number of hydrogen-bond acceptors (Lipinski definition) is 6. The maximum absolute atomic E-state index is 13.6. The summed E-state index contributed by atoms with van der Waals surface area (Å²) in [6.45, 7) is 6.59. The summed E-state index contributed by atoms with van der Waals surface area (Å²) in [6.07, 6.45) is 9.12. The van der Waals surface area contributed by atoms with E-state index in [9.17, 15) is 9.59 Å². The molecule has 0 aliphatic carbocycles. The monoisotopic (exact) mass is 466 g/mol. The number of aromatic nitrogens is 4. The van der Waals surface area contributed by atoms with Crippen molar-refractivity contribution in [3.8, 4) is 11.1 Å². The van der Waals surface area contributed by atoms with Crippen molar-refractivity contribution in [1.82, 2.24) is 19.9 Å². The van der Waals surface area contributed by atoms with E-state index in [-0.39, 0.29) is 17.5 Å². The lowest BCUT2D eigenvalue weighted by Crippen LogP contribution is -2.33. The summed E-state index contributed by atoms with van der Waals surface area (Å²) in [4.78, 5) is 46.6. The summed E-state index contributed by atoms with van der Waals surface area (Å²) in [5, 5.41) is 0. The molecule has 2 amide bonds. The maximum atomic E-state index is 13.6. The lowest BCUT2D eigenvalue weighted by molar-refractivity contribution is 0.0974. The topological polar surface area (TPSA) is 92.2 Å². The molecule has 0 bridgehead atoms. The van der Waals surface area contributed by atoms with Crippen LogP contribution in [0.25, 0.3) is 11.1 Å². The van der Waals surface area contributed by atoms with Crippen molar-refractivity contribution in [2.45, 2.75) is 20.8 Å². The second-order valence-corrected chi connectivity index (χ2v) is 7.89. The van der Waals surface area contributed by atoms with Crippen LogP contribution in [-0.2, 0) is 0 Å². The van der Waals surface area contributed by atoms with Crippen LogP contribution in [0, 0.1) is 6.92 Å². The van der Waals surface area contributed by atoms with Crippen molar-refractivity contribution in [3.63, 3.8) is 0 Å². The summed E-state index contributed by atoms with van der Waals surface area (Å²) in [5.41, 5.74) is 4.17. The minimum atomic E-state index is -0.290. The summed E-state index contributed by atoms with van der Waals surface area (Å²) in [7, 11) is 0. The molecule has 0 aliphatic rings. The van der Waals surface area contributed by atoms with Gasteiger partial charge in [-0.2, -0.15) is 0 Å². The van der Waals surface area contributed by atoms with E-state index in [1.165, 1.54) is 18.6 Å². The van der Waals surface area contributed by atoms with Gasteiger partial charge in [-0.05, 0) is 50.1 Å². The van der Waals surface area contributed by atoms with Gasteiger partial charge in [0.25, 0.3) is 11.8 Å². The van der Waals surface area contributed by atoms with Crippen LogP contribution in [0.1, 0.15) is 40.3 Å². The highest BCUT2D eigenvalue weighted by Crippen LogP contribution is 2.29. The van der Waals surface area contributed by atoms with E-state index in [0.717, 1.165) is 16.7 Å². The smallest absolute Gasteiger partial charge is 0.278 e. The molecule has 0 radical (unpaired) electrons. The quantitative estimate of drug-likeness (QED) is 0.396. The Balaban J connectivity index is 1.82. The van der Waals surface area contributed by atoms with Gasteiger partial charge in [-0.1, -0.05) is 29.8 Å². The van der Waals surface area contributed by atoms with Gasteiger partial charge in [0, 0.05) is 49.1 Å². The zero-order chi connectivity index (χ0) is 24.8. The minimum Gasteiger partial charge on any atom is -0.307 e. The molecule has 4 rings (SSSR count). The van der Waals surface area contributed by atoms with Gasteiger partial charge in [0.05, 0.1) is 12.4 Å². The van der Waals surface area contributed by atoms with E-state index in [1.807, 2.05) is 57.2 Å². The van der Waals surface area contributed by atoms with E-state index in [1.54, 1.807) is 34.5 Å². The molecule has 0 atom stereocenters. The average molecular weight is 467 g/mol. The van der Waals surface area contributed by atoms with E-state index < -0.39 is 0 Å². The van der Waals surface area contributed by atoms with Gasteiger partial charge in [0.2, 0.25) is 0 Å². The molecule has 2 heterocycles. The predicted molar refractivity (Wildman–Crippen MR) is 135 cm³/mol. The lowest BCUT2D eigenvalue weighted by atomic mass is 9.99. The number of amides is 2. The number of aryl methyl sites for hydroxylation is 1. The van der Waals surface area contributed by atoms with Crippen molar-refractivity contribution in [3.05, 3.63) is 96.5 Å². The van der Waals surface area contributed by atoms with Gasteiger partial charge in [-0.15, -0.1) is 0 Å². The van der Waals surface area contributed by atoms with Gasteiger partial charge in [-0.25, -0.2) is 9.97 Å². The first-order chi connectivity index (χ1) is 17.0. The standard InChI is InChI=1S/C27H26N6O2/c1-4-32(27(35)24-17-28-10-12-30-24)23-15-21(20-8-6-19(3)7-9-20)14-22(16-23)26(34)33(5-2)25-18-29-11-13-31-25/h6-18H,4-5H2,1-3H3. The number of carbonyl (C=O) groups excluding carboxylic acids is 2. The van der Waals surface area contributed by atoms with Gasteiger partial charge >= 0.3 is 0 Å². The third kappa shape index (κ3) is 5.22. The molecule has 176 valence electrons. The SMILES string of the molecule is CCN(C(=O)c1cnccn1)c1cc(C(=O)N(CC)c2cnccn2)cc(-c2ccc(C)cc2)c1. The first-order valence-electron chi connectivity index (χ1n) is 11.4. The van der Waals surface area contributed by atoms with Crippen LogP contribution >= 0.6 is 0 Å². The Bertz CT molecular complexity index is 1310. The highest BCUT2D eigenvalue weighted by atomic mass is 16.2. The van der Waals surface area contributed by atoms with Crippen LogP contribution in [0.4, 0.5) is 11.5 Å².